The van der Waals surface area contributed by atoms with Gasteiger partial charge in [0, 0.05) is 0 Å². The van der Waals surface area contributed by atoms with Crippen molar-refractivity contribution in [2.24, 2.45) is 0 Å². The molecule has 0 aromatic heterocycles. The van der Waals surface area contributed by atoms with Gasteiger partial charge >= 0.3 is 209 Å². The molecule has 2 unspecified atom stereocenters. The van der Waals surface area contributed by atoms with Gasteiger partial charge in [-0.3, -0.25) is 0 Å². The molecule has 8 heteroatoms. The fraction of sp³-hybridized carbons (Fsp3) is 0.182. The molecule has 0 aliphatic heterocycles. The predicted octanol–water partition coefficient (Wildman–Crippen LogP) is 3.90. The molecule has 0 aliphatic carbocycles. The molecule has 0 fully saturated rings. The van der Waals surface area contributed by atoms with Gasteiger partial charge in [0.25, 0.3) is 0 Å². The van der Waals surface area contributed by atoms with Crippen LogP contribution in [0.2, 0.25) is 0 Å². The van der Waals surface area contributed by atoms with Crippen molar-refractivity contribution in [1.29, 1.82) is 0 Å². The summed E-state index contributed by atoms with van der Waals surface area (Å²) in [5.41, 5.74) is 2.77. The molecule has 0 saturated heterocycles. The van der Waals surface area contributed by atoms with E-state index in [1.165, 1.54) is 21.7 Å². The first-order chi connectivity index (χ1) is 14.5. The first-order valence-corrected chi connectivity index (χ1v) is 24.0. The van der Waals surface area contributed by atoms with E-state index in [0.717, 1.165) is 10.6 Å². The van der Waals surface area contributed by atoms with Gasteiger partial charge in [0.1, 0.15) is 0 Å². The zero-order valence-corrected chi connectivity index (χ0v) is 25.5. The Morgan fingerprint density at radius 2 is 0.933 bits per heavy atom. The van der Waals surface area contributed by atoms with Crippen molar-refractivity contribution in [1.82, 2.24) is 0 Å². The second kappa shape index (κ2) is 12.1. The summed E-state index contributed by atoms with van der Waals surface area (Å²) in [6.45, 7) is 0. The van der Waals surface area contributed by atoms with Gasteiger partial charge in [0.05, 0.1) is 0 Å². The Kier molecular flexibility index (Phi) is 10.2. The number of hydrogen-bond acceptors (Lipinski definition) is 2. The Bertz CT molecular complexity index is 944. The zero-order chi connectivity index (χ0) is 21.5. The van der Waals surface area contributed by atoms with Gasteiger partial charge in [0.2, 0.25) is 0 Å². The number of hydrogen-bond donors (Lipinski definition) is 0. The predicted molar refractivity (Wildman–Crippen MR) is 137 cm³/mol. The standard InChI is InChI=1S/C22H24O2P2Se4/c1-23-25(27,21-9-5-3-6-10-21)29-17-19-13-15-20(16-14-19)18-30-26(28,24-2)22-11-7-4-8-12-22/h3-16H,17-18H2,1-2H3. The van der Waals surface area contributed by atoms with Crippen LogP contribution in [-0.4, -0.2) is 73.4 Å². The van der Waals surface area contributed by atoms with Crippen LogP contribution in [-0.2, 0) is 19.7 Å². The molecular weight excluding hydrogens is 674 g/mol. The summed E-state index contributed by atoms with van der Waals surface area (Å²) >= 11 is 7.52. The van der Waals surface area contributed by atoms with Gasteiger partial charge in [-0.05, 0) is 0 Å². The van der Waals surface area contributed by atoms with E-state index < -0.39 is 8.85 Å². The van der Waals surface area contributed by atoms with Crippen LogP contribution in [0.15, 0.2) is 84.9 Å². The van der Waals surface area contributed by atoms with Crippen molar-refractivity contribution in [3.05, 3.63) is 96.1 Å². The van der Waals surface area contributed by atoms with E-state index in [1.807, 2.05) is 14.2 Å². The molecule has 3 aromatic carbocycles. The Hall–Kier alpha value is 0.518. The van der Waals surface area contributed by atoms with Gasteiger partial charge in [-0.2, -0.15) is 0 Å². The van der Waals surface area contributed by atoms with E-state index in [1.54, 1.807) is 0 Å². The fourth-order valence-electron chi connectivity index (χ4n) is 2.74. The molecule has 158 valence electrons. The van der Waals surface area contributed by atoms with Crippen molar-refractivity contribution in [2.75, 3.05) is 14.2 Å². The molecule has 3 rings (SSSR count). The molecule has 0 heterocycles. The summed E-state index contributed by atoms with van der Waals surface area (Å²) in [5.74, 6) is 0. The molecule has 0 radical (unpaired) electrons. The van der Waals surface area contributed by atoms with Crippen LogP contribution in [0.25, 0.3) is 0 Å². The molecule has 0 N–H and O–H groups in total. The average molecular weight is 698 g/mol. The average Bonchev–Trinajstić information content (AvgIpc) is 2.82. The third-order valence-corrected chi connectivity index (χ3v) is 31.5. The molecule has 0 amide bonds. The Morgan fingerprint density at radius 3 is 1.23 bits per heavy atom. The minimum absolute atomic E-state index is 0.358. The molecule has 0 aliphatic rings. The molecule has 0 spiro atoms. The van der Waals surface area contributed by atoms with Gasteiger partial charge < -0.3 is 0 Å². The van der Waals surface area contributed by atoms with Gasteiger partial charge in [0.15, 0.2) is 0 Å². The third kappa shape index (κ3) is 6.76. The van der Waals surface area contributed by atoms with Crippen molar-refractivity contribution < 1.29 is 9.05 Å². The summed E-state index contributed by atoms with van der Waals surface area (Å²) in [5, 5.41) is 4.77. The van der Waals surface area contributed by atoms with E-state index in [2.05, 4.69) is 115 Å². The molecular formula is C22H24O2P2Se4. The van der Waals surface area contributed by atoms with E-state index in [9.17, 15) is 0 Å². The van der Waals surface area contributed by atoms with Gasteiger partial charge in [-0.1, -0.05) is 0 Å². The topological polar surface area (TPSA) is 18.5 Å². The molecule has 2 atom stereocenters. The zero-order valence-electron chi connectivity index (χ0n) is 16.8. The monoisotopic (exact) mass is 702 g/mol. The van der Waals surface area contributed by atoms with Crippen molar-refractivity contribution in [3.63, 3.8) is 0 Å². The van der Waals surface area contributed by atoms with Crippen LogP contribution >= 0.6 is 8.85 Å². The summed E-state index contributed by atoms with van der Waals surface area (Å²) in [6.07, 6.45) is 0. The van der Waals surface area contributed by atoms with E-state index in [0.29, 0.717) is 29.0 Å². The molecule has 30 heavy (non-hydrogen) atoms. The summed E-state index contributed by atoms with van der Waals surface area (Å²) < 4.78 is 8.69. The van der Waals surface area contributed by atoms with Gasteiger partial charge in [-0.25, -0.2) is 0 Å². The normalized spacial score (nSPS) is 15.3. The van der Waals surface area contributed by atoms with E-state index >= 15 is 0 Å². The molecule has 0 bridgehead atoms. The quantitative estimate of drug-likeness (QED) is 0.237. The van der Waals surface area contributed by atoms with Gasteiger partial charge in [-0.15, -0.1) is 0 Å². The van der Waals surface area contributed by atoms with Crippen LogP contribution in [0, 0.1) is 0 Å². The minimum atomic E-state index is -1.63. The summed E-state index contributed by atoms with van der Waals surface area (Å²) in [6, 6.07) is 30.4. The van der Waals surface area contributed by atoms with Crippen LogP contribution in [0.4, 0.5) is 0 Å². The Morgan fingerprint density at radius 1 is 0.600 bits per heavy atom. The fourth-order valence-corrected chi connectivity index (χ4v) is 19.9. The van der Waals surface area contributed by atoms with Crippen molar-refractivity contribution in [3.8, 4) is 0 Å². The summed E-state index contributed by atoms with van der Waals surface area (Å²) in [7, 11) is 3.67. The summed E-state index contributed by atoms with van der Waals surface area (Å²) in [4.78, 5) is 0. The first kappa shape index (κ1) is 25.1. The maximum atomic E-state index is 5.97. The van der Waals surface area contributed by atoms with Crippen molar-refractivity contribution in [2.45, 2.75) is 10.6 Å². The number of rotatable bonds is 10. The Labute approximate surface area is 207 Å². The van der Waals surface area contributed by atoms with Crippen molar-refractivity contribution >= 4 is 78.7 Å². The van der Waals surface area contributed by atoms with Crippen LogP contribution in [0.3, 0.4) is 0 Å². The van der Waals surface area contributed by atoms with E-state index in [4.69, 9.17) is 9.05 Å². The van der Waals surface area contributed by atoms with Crippen LogP contribution in [0.5, 0.6) is 0 Å². The van der Waals surface area contributed by atoms with Crippen LogP contribution < -0.4 is 10.6 Å². The van der Waals surface area contributed by atoms with Crippen LogP contribution in [0.1, 0.15) is 11.1 Å². The molecule has 3 aromatic rings. The second-order valence-electron chi connectivity index (χ2n) is 6.39. The molecule has 2 nitrogen and oxygen atoms in total. The first-order valence-electron chi connectivity index (χ1n) is 9.29. The van der Waals surface area contributed by atoms with E-state index in [-0.39, 0.29) is 0 Å². The maximum absolute atomic E-state index is 5.97. The Balaban J connectivity index is 1.61. The molecule has 0 saturated carbocycles. The number of benzene rings is 3. The third-order valence-electron chi connectivity index (χ3n) is 4.45. The SMILES string of the molecule is COP(=[Se])([Se]Cc1ccc(C[Se]P(=[Se])(OC)c2ccccc2)cc1)c1ccccc1. The second-order valence-corrected chi connectivity index (χ2v) is 35.1.